The summed E-state index contributed by atoms with van der Waals surface area (Å²) in [4.78, 5) is 9.81. The summed E-state index contributed by atoms with van der Waals surface area (Å²) in [6.07, 6.45) is 0. The van der Waals surface area contributed by atoms with E-state index in [9.17, 15) is 9.46 Å². The average Bonchev–Trinajstić information content (AvgIpc) is 2.29. The van der Waals surface area contributed by atoms with E-state index in [-0.39, 0.29) is 48.9 Å². The first-order valence-corrected chi connectivity index (χ1v) is 6.48. The van der Waals surface area contributed by atoms with Crippen molar-refractivity contribution in [1.82, 2.24) is 0 Å². The second kappa shape index (κ2) is 4.94. The molecule has 1 atom stereocenters. The van der Waals surface area contributed by atoms with Gasteiger partial charge in [-0.2, -0.15) is 0 Å². The molecule has 5 heteroatoms. The first-order valence-electron chi connectivity index (χ1n) is 4.90. The van der Waals surface area contributed by atoms with Gasteiger partial charge in [-0.3, -0.25) is 0 Å². The molecule has 0 aromatic heterocycles. The van der Waals surface area contributed by atoms with Crippen LogP contribution in [0.15, 0.2) is 48.5 Å². The standard InChI is InChI=1S/C12H9O3P.Ba.2H/c13-16(14)12-8-4-2-6-10(12)9-5-1-3-7-11(9)15-16;;;/h1-8H,(H,13,14);;;. The molecule has 0 bridgehead atoms. The van der Waals surface area contributed by atoms with Crippen LogP contribution < -0.4 is 9.83 Å². The van der Waals surface area contributed by atoms with Gasteiger partial charge >= 0.3 is 56.5 Å². The summed E-state index contributed by atoms with van der Waals surface area (Å²) in [7, 11) is -3.71. The van der Waals surface area contributed by atoms with Crippen molar-refractivity contribution in [2.24, 2.45) is 0 Å². The van der Waals surface area contributed by atoms with Crippen molar-refractivity contribution in [2.45, 2.75) is 0 Å². The monoisotopic (exact) mass is 372 g/mol. The van der Waals surface area contributed by atoms with Crippen molar-refractivity contribution in [3.8, 4) is 16.9 Å². The Balaban J connectivity index is 0.00000108. The number of para-hydroxylation sites is 1. The van der Waals surface area contributed by atoms with E-state index < -0.39 is 7.60 Å². The van der Waals surface area contributed by atoms with Crippen molar-refractivity contribution in [3.63, 3.8) is 0 Å². The maximum absolute atomic E-state index is 12.0. The zero-order valence-electron chi connectivity index (χ0n) is 8.33. The van der Waals surface area contributed by atoms with E-state index in [0.717, 1.165) is 11.1 Å². The molecule has 0 saturated carbocycles. The Morgan fingerprint density at radius 3 is 2.29 bits per heavy atom. The molecule has 3 nitrogen and oxygen atoms in total. The first-order chi connectivity index (χ1) is 7.68. The van der Waals surface area contributed by atoms with Crippen LogP contribution in [0, 0.1) is 0 Å². The summed E-state index contributed by atoms with van der Waals surface area (Å²) in [6.45, 7) is 0. The van der Waals surface area contributed by atoms with Gasteiger partial charge in [-0.15, -0.1) is 0 Å². The van der Waals surface area contributed by atoms with Gasteiger partial charge in [0.15, 0.2) is 0 Å². The Hall–Kier alpha value is 0.00143. The number of fused-ring (bicyclic) bond motifs is 3. The van der Waals surface area contributed by atoms with Crippen LogP contribution in [-0.2, 0) is 4.57 Å². The topological polar surface area (TPSA) is 46.5 Å². The summed E-state index contributed by atoms with van der Waals surface area (Å²) in [6, 6.07) is 14.3. The number of benzene rings is 2. The molecule has 3 rings (SSSR count). The van der Waals surface area contributed by atoms with E-state index in [4.69, 9.17) is 4.52 Å². The van der Waals surface area contributed by atoms with Crippen molar-refractivity contribution in [3.05, 3.63) is 48.5 Å². The van der Waals surface area contributed by atoms with E-state index in [2.05, 4.69) is 0 Å². The molecular formula is C12H11BaO3P. The molecule has 0 saturated heterocycles. The molecule has 0 amide bonds. The van der Waals surface area contributed by atoms with Crippen molar-refractivity contribution < 1.29 is 14.0 Å². The van der Waals surface area contributed by atoms with Crippen LogP contribution in [0.2, 0.25) is 0 Å². The third kappa shape index (κ3) is 2.29. The maximum atomic E-state index is 12.0. The second-order valence-corrected chi connectivity index (χ2v) is 5.33. The Morgan fingerprint density at radius 1 is 0.941 bits per heavy atom. The molecule has 2 aromatic rings. The normalized spacial score (nSPS) is 20.5. The van der Waals surface area contributed by atoms with Crippen LogP contribution in [0.25, 0.3) is 11.1 Å². The molecule has 0 fully saturated rings. The Labute approximate surface area is 139 Å². The third-order valence-electron chi connectivity index (χ3n) is 2.61. The van der Waals surface area contributed by atoms with Gasteiger partial charge in [0.25, 0.3) is 0 Å². The molecule has 17 heavy (non-hydrogen) atoms. The van der Waals surface area contributed by atoms with E-state index >= 15 is 0 Å². The molecule has 1 unspecified atom stereocenters. The van der Waals surface area contributed by atoms with E-state index in [1.54, 1.807) is 24.3 Å². The van der Waals surface area contributed by atoms with Gasteiger partial charge in [-0.05, 0) is 12.1 Å². The fourth-order valence-electron chi connectivity index (χ4n) is 1.90. The predicted octanol–water partition coefficient (Wildman–Crippen LogP) is 1.64. The van der Waals surface area contributed by atoms with Crippen LogP contribution in [0.3, 0.4) is 0 Å². The molecule has 84 valence electrons. The SMILES string of the molecule is O=P1(O)Oc2ccccc2-c2ccccc21.[BaH2]. The van der Waals surface area contributed by atoms with Crippen LogP contribution in [0.4, 0.5) is 0 Å². The van der Waals surface area contributed by atoms with E-state index in [1.165, 1.54) is 0 Å². The van der Waals surface area contributed by atoms with Gasteiger partial charge in [0.2, 0.25) is 0 Å². The molecule has 0 spiro atoms. The second-order valence-electron chi connectivity index (χ2n) is 3.63. The van der Waals surface area contributed by atoms with Gasteiger partial charge in [0.1, 0.15) is 5.75 Å². The van der Waals surface area contributed by atoms with Gasteiger partial charge in [-0.25, -0.2) is 4.57 Å². The molecule has 1 aliphatic rings. The number of hydrogen-bond acceptors (Lipinski definition) is 2. The van der Waals surface area contributed by atoms with Crippen molar-refractivity contribution in [2.75, 3.05) is 0 Å². The summed E-state index contributed by atoms with van der Waals surface area (Å²) in [5, 5.41) is 0.369. The van der Waals surface area contributed by atoms with Crippen LogP contribution >= 0.6 is 7.60 Å². The molecule has 1 heterocycles. The minimum absolute atomic E-state index is 0. The number of hydrogen-bond donors (Lipinski definition) is 1. The molecule has 1 aliphatic heterocycles. The molecule has 0 aliphatic carbocycles. The third-order valence-corrected chi connectivity index (χ3v) is 4.05. The summed E-state index contributed by atoms with van der Waals surface area (Å²) in [5.74, 6) is 0.465. The van der Waals surface area contributed by atoms with Crippen LogP contribution in [-0.4, -0.2) is 53.8 Å². The fourth-order valence-corrected chi connectivity index (χ4v) is 3.20. The zero-order chi connectivity index (χ0) is 11.2. The average molecular weight is 372 g/mol. The van der Waals surface area contributed by atoms with Crippen molar-refractivity contribution in [1.29, 1.82) is 0 Å². The van der Waals surface area contributed by atoms with Crippen LogP contribution in [0.1, 0.15) is 0 Å². The molecular weight excluding hydrogens is 360 g/mol. The van der Waals surface area contributed by atoms with E-state index in [0.29, 0.717) is 11.1 Å². The van der Waals surface area contributed by atoms with E-state index in [1.807, 2.05) is 24.3 Å². The summed E-state index contributed by atoms with van der Waals surface area (Å²) in [5.41, 5.74) is 1.63. The zero-order valence-corrected chi connectivity index (χ0v) is 9.22. The molecule has 0 radical (unpaired) electrons. The molecule has 2 aromatic carbocycles. The first kappa shape index (κ1) is 13.4. The van der Waals surface area contributed by atoms with Gasteiger partial charge in [-0.1, -0.05) is 36.4 Å². The Kier molecular flexibility index (Phi) is 3.90. The van der Waals surface area contributed by atoms with Gasteiger partial charge < -0.3 is 9.42 Å². The minimum atomic E-state index is -3.71. The van der Waals surface area contributed by atoms with Crippen LogP contribution in [0.5, 0.6) is 5.75 Å². The van der Waals surface area contributed by atoms with Gasteiger partial charge in [0, 0.05) is 11.1 Å². The fraction of sp³-hybridized carbons (Fsp3) is 0. The predicted molar refractivity (Wildman–Crippen MR) is 70.5 cm³/mol. The van der Waals surface area contributed by atoms with Crippen molar-refractivity contribution >= 4 is 61.8 Å². The van der Waals surface area contributed by atoms with Gasteiger partial charge in [0.05, 0.1) is 5.30 Å². The Morgan fingerprint density at radius 2 is 1.53 bits per heavy atom. The Bertz CT molecular complexity index is 612. The number of rotatable bonds is 0. The molecule has 1 N–H and O–H groups in total. The summed E-state index contributed by atoms with van der Waals surface area (Å²) >= 11 is 0. The quantitative estimate of drug-likeness (QED) is 0.566. The summed E-state index contributed by atoms with van der Waals surface area (Å²) < 4.78 is 17.1.